The maximum Gasteiger partial charge on any atom is 0.0887 e. The number of piperidine rings is 1. The third kappa shape index (κ3) is 1.80. The third-order valence-corrected chi connectivity index (χ3v) is 5.68. The summed E-state index contributed by atoms with van der Waals surface area (Å²) in [5, 5.41) is 1.40. The first-order valence-corrected chi connectivity index (χ1v) is 8.18. The number of nitrogens with zero attached hydrogens (tertiary/aromatic N) is 1. The van der Waals surface area contributed by atoms with Crippen molar-refractivity contribution in [2.45, 2.75) is 44.2 Å². The summed E-state index contributed by atoms with van der Waals surface area (Å²) in [6.07, 6.45) is 4.63. The molecular weight excluding hydrogens is 260 g/mol. The summed E-state index contributed by atoms with van der Waals surface area (Å²) in [7, 11) is 1.89. The highest BCUT2D eigenvalue weighted by molar-refractivity contribution is 5.85. The van der Waals surface area contributed by atoms with Gasteiger partial charge in [-0.25, -0.2) is 0 Å². The number of para-hydroxylation sites is 1. The monoisotopic (exact) mass is 284 g/mol. The molecule has 0 aliphatic carbocycles. The molecule has 1 fully saturated rings. The van der Waals surface area contributed by atoms with Crippen molar-refractivity contribution in [1.29, 1.82) is 0 Å². The van der Waals surface area contributed by atoms with E-state index in [-0.39, 0.29) is 5.60 Å². The number of rotatable bonds is 2. The molecule has 0 bridgehead atoms. The van der Waals surface area contributed by atoms with E-state index in [9.17, 15) is 0 Å². The second kappa shape index (κ2) is 4.85. The molecule has 2 atom stereocenters. The number of nitrogens with one attached hydrogen (secondary N) is 1. The van der Waals surface area contributed by atoms with Crippen LogP contribution in [0.1, 0.15) is 43.5 Å². The molecule has 0 saturated carbocycles. The topological polar surface area (TPSA) is 28.3 Å². The Hall–Kier alpha value is -1.32. The highest BCUT2D eigenvalue weighted by atomic mass is 16.5. The van der Waals surface area contributed by atoms with Crippen LogP contribution in [0.3, 0.4) is 0 Å². The van der Waals surface area contributed by atoms with E-state index in [0.717, 1.165) is 25.8 Å². The summed E-state index contributed by atoms with van der Waals surface area (Å²) in [5.41, 5.74) is 4.17. The van der Waals surface area contributed by atoms with E-state index >= 15 is 0 Å². The van der Waals surface area contributed by atoms with Crippen LogP contribution in [-0.2, 0) is 11.2 Å². The van der Waals surface area contributed by atoms with Gasteiger partial charge in [-0.2, -0.15) is 0 Å². The molecule has 0 unspecified atom stereocenters. The number of aromatic nitrogens is 1. The van der Waals surface area contributed by atoms with E-state index < -0.39 is 0 Å². The fourth-order valence-electron chi connectivity index (χ4n) is 4.57. The molecule has 2 aromatic rings. The Kier molecular flexibility index (Phi) is 3.09. The van der Waals surface area contributed by atoms with Crippen LogP contribution in [0.4, 0.5) is 0 Å². The Morgan fingerprint density at radius 3 is 3.00 bits per heavy atom. The minimum atomic E-state index is -0.0334. The third-order valence-electron chi connectivity index (χ3n) is 5.68. The zero-order valence-corrected chi connectivity index (χ0v) is 13.0. The molecule has 3 heteroatoms. The van der Waals surface area contributed by atoms with Gasteiger partial charge in [0.05, 0.1) is 11.6 Å². The van der Waals surface area contributed by atoms with E-state index in [2.05, 4.69) is 41.1 Å². The molecule has 1 aromatic carbocycles. The standard InChI is InChI=1S/C18H24N2O/c1-3-18(21-2)10-6-11-20-12-9-14-13-7-4-5-8-15(13)19-16(14)17(18)20/h4-5,7-8,17,19H,3,6,9-12H2,1-2H3/t17-,18+/m1/s1. The van der Waals surface area contributed by atoms with Crippen molar-refractivity contribution < 1.29 is 4.74 Å². The summed E-state index contributed by atoms with van der Waals surface area (Å²) in [6, 6.07) is 9.10. The van der Waals surface area contributed by atoms with Crippen molar-refractivity contribution in [2.75, 3.05) is 20.2 Å². The molecule has 1 saturated heterocycles. The van der Waals surface area contributed by atoms with Gasteiger partial charge in [0.1, 0.15) is 0 Å². The molecule has 3 nitrogen and oxygen atoms in total. The second-order valence-corrected chi connectivity index (χ2v) is 6.48. The number of hydrogen-bond acceptors (Lipinski definition) is 2. The number of hydrogen-bond donors (Lipinski definition) is 1. The Morgan fingerprint density at radius 1 is 1.33 bits per heavy atom. The number of H-pyrrole nitrogens is 1. The lowest BCUT2D eigenvalue weighted by Gasteiger charge is -2.50. The molecule has 0 radical (unpaired) electrons. The Bertz CT molecular complexity index is 656. The van der Waals surface area contributed by atoms with E-state index in [1.54, 1.807) is 0 Å². The largest absolute Gasteiger partial charge is 0.376 e. The van der Waals surface area contributed by atoms with Crippen molar-refractivity contribution >= 4 is 10.9 Å². The lowest BCUT2D eigenvalue weighted by molar-refractivity contribution is -0.116. The van der Waals surface area contributed by atoms with Crippen molar-refractivity contribution in [3.63, 3.8) is 0 Å². The van der Waals surface area contributed by atoms with Gasteiger partial charge in [-0.15, -0.1) is 0 Å². The van der Waals surface area contributed by atoms with Crippen LogP contribution in [0.25, 0.3) is 10.9 Å². The fraction of sp³-hybridized carbons (Fsp3) is 0.556. The van der Waals surface area contributed by atoms with Gasteiger partial charge in [-0.05, 0) is 43.9 Å². The van der Waals surface area contributed by atoms with E-state index in [1.165, 1.54) is 35.1 Å². The zero-order chi connectivity index (χ0) is 14.4. The Balaban J connectivity index is 1.91. The quantitative estimate of drug-likeness (QED) is 0.911. The summed E-state index contributed by atoms with van der Waals surface area (Å²) >= 11 is 0. The van der Waals surface area contributed by atoms with Crippen molar-refractivity contribution in [1.82, 2.24) is 9.88 Å². The number of ether oxygens (including phenoxy) is 1. The molecule has 0 spiro atoms. The first-order chi connectivity index (χ1) is 10.3. The summed E-state index contributed by atoms with van der Waals surface area (Å²) in [6.45, 7) is 4.62. The number of aromatic amines is 1. The molecule has 1 N–H and O–H groups in total. The molecule has 2 aliphatic heterocycles. The van der Waals surface area contributed by atoms with Crippen molar-refractivity contribution in [2.24, 2.45) is 0 Å². The normalized spacial score (nSPS) is 29.3. The minimum Gasteiger partial charge on any atom is -0.376 e. The highest BCUT2D eigenvalue weighted by Crippen LogP contribution is 2.47. The van der Waals surface area contributed by atoms with Gasteiger partial charge in [-0.3, -0.25) is 4.90 Å². The summed E-state index contributed by atoms with van der Waals surface area (Å²) in [4.78, 5) is 6.35. The molecule has 3 heterocycles. The molecule has 0 amide bonds. The second-order valence-electron chi connectivity index (χ2n) is 6.48. The molecule has 112 valence electrons. The lowest BCUT2D eigenvalue weighted by Crippen LogP contribution is -2.54. The maximum absolute atomic E-state index is 6.09. The summed E-state index contributed by atoms with van der Waals surface area (Å²) in [5.74, 6) is 0. The van der Waals surface area contributed by atoms with E-state index in [0.29, 0.717) is 6.04 Å². The van der Waals surface area contributed by atoms with Crippen LogP contribution in [0, 0.1) is 0 Å². The zero-order valence-electron chi connectivity index (χ0n) is 13.0. The van der Waals surface area contributed by atoms with Crippen molar-refractivity contribution in [3.05, 3.63) is 35.5 Å². The van der Waals surface area contributed by atoms with Crippen LogP contribution in [0.15, 0.2) is 24.3 Å². The van der Waals surface area contributed by atoms with Crippen LogP contribution in [0.2, 0.25) is 0 Å². The molecule has 4 rings (SSSR count). The number of methoxy groups -OCH3 is 1. The average molecular weight is 284 g/mol. The van der Waals surface area contributed by atoms with Gasteiger partial charge in [0.15, 0.2) is 0 Å². The first-order valence-electron chi connectivity index (χ1n) is 8.18. The fourth-order valence-corrected chi connectivity index (χ4v) is 4.57. The molecule has 2 aliphatic rings. The van der Waals surface area contributed by atoms with Gasteiger partial charge in [0.2, 0.25) is 0 Å². The van der Waals surface area contributed by atoms with Crippen LogP contribution >= 0.6 is 0 Å². The number of fused-ring (bicyclic) bond motifs is 5. The molecular formula is C18H24N2O. The average Bonchev–Trinajstić information content (AvgIpc) is 2.92. The lowest BCUT2D eigenvalue weighted by atomic mass is 9.77. The van der Waals surface area contributed by atoms with Gasteiger partial charge in [-0.1, -0.05) is 25.1 Å². The van der Waals surface area contributed by atoms with Crippen LogP contribution < -0.4 is 0 Å². The summed E-state index contributed by atoms with van der Waals surface area (Å²) < 4.78 is 6.09. The predicted octanol–water partition coefficient (Wildman–Crippen LogP) is 3.66. The highest BCUT2D eigenvalue weighted by Gasteiger charge is 2.47. The van der Waals surface area contributed by atoms with Crippen LogP contribution in [-0.4, -0.2) is 35.7 Å². The Morgan fingerprint density at radius 2 is 2.19 bits per heavy atom. The van der Waals surface area contributed by atoms with Crippen molar-refractivity contribution in [3.8, 4) is 0 Å². The first kappa shape index (κ1) is 13.4. The van der Waals surface area contributed by atoms with Crippen LogP contribution in [0.5, 0.6) is 0 Å². The molecule has 1 aromatic heterocycles. The van der Waals surface area contributed by atoms with E-state index in [4.69, 9.17) is 4.74 Å². The molecule has 21 heavy (non-hydrogen) atoms. The maximum atomic E-state index is 6.09. The van der Waals surface area contributed by atoms with Gasteiger partial charge in [0, 0.05) is 30.3 Å². The van der Waals surface area contributed by atoms with Gasteiger partial charge < -0.3 is 9.72 Å². The Labute approximate surface area is 126 Å². The smallest absolute Gasteiger partial charge is 0.0887 e. The van der Waals surface area contributed by atoms with E-state index in [1.807, 2.05) is 7.11 Å². The van der Waals surface area contributed by atoms with Gasteiger partial charge in [0.25, 0.3) is 0 Å². The predicted molar refractivity (Wildman–Crippen MR) is 85.6 cm³/mol. The SMILES string of the molecule is CC[C@]1(OC)CCCN2CCc3c([nH]c4ccccc34)[C@@H]21. The van der Waals surface area contributed by atoms with Gasteiger partial charge >= 0.3 is 0 Å². The number of benzene rings is 1. The minimum absolute atomic E-state index is 0.0334.